The summed E-state index contributed by atoms with van der Waals surface area (Å²) in [5, 5.41) is 11.3. The first-order chi connectivity index (χ1) is 4.01. The van der Waals surface area contributed by atoms with Crippen molar-refractivity contribution in [1.82, 2.24) is 5.32 Å². The lowest BCUT2D eigenvalue weighted by atomic mass is 9.85. The predicted molar refractivity (Wildman–Crippen MR) is 40.5 cm³/mol. The molecule has 1 fully saturated rings. The Kier molecular flexibility index (Phi) is 2.68. The minimum atomic E-state index is -0.741. The minimum Gasteiger partial charge on any atom is -0.480 e. The highest BCUT2D eigenvalue weighted by Crippen LogP contribution is 2.22. The molecule has 1 unspecified atom stereocenters. The highest BCUT2D eigenvalue weighted by atomic mass is 35.5. The minimum absolute atomic E-state index is 0. The molecule has 0 spiro atoms. The summed E-state index contributed by atoms with van der Waals surface area (Å²) in [7, 11) is 0. The van der Waals surface area contributed by atoms with Gasteiger partial charge in [-0.3, -0.25) is 10.1 Å². The maximum absolute atomic E-state index is 10.2. The van der Waals surface area contributed by atoms with Crippen LogP contribution in [-0.4, -0.2) is 22.7 Å². The molecule has 1 rings (SSSR count). The number of halogens is 1. The zero-order valence-electron chi connectivity index (χ0n) is 6.05. The monoisotopic (exact) mass is 165 g/mol. The third kappa shape index (κ3) is 1.85. The average Bonchev–Trinajstić information content (AvgIpc) is 1.59. The summed E-state index contributed by atoms with van der Waals surface area (Å²) in [5.74, 6) is -0.741. The molecule has 1 saturated heterocycles. The van der Waals surface area contributed by atoms with E-state index >= 15 is 0 Å². The molecule has 0 aliphatic carbocycles. The van der Waals surface area contributed by atoms with E-state index in [-0.39, 0.29) is 24.0 Å². The summed E-state index contributed by atoms with van der Waals surface area (Å²) < 4.78 is 0. The molecule has 0 bridgehead atoms. The normalized spacial score (nSPS) is 28.0. The Labute approximate surface area is 66.2 Å². The molecular formula is C6H12ClNO2. The average molecular weight is 166 g/mol. The van der Waals surface area contributed by atoms with Gasteiger partial charge in [0.25, 0.3) is 0 Å². The first-order valence-electron chi connectivity index (χ1n) is 3.02. The van der Waals surface area contributed by atoms with Crippen molar-refractivity contribution >= 4 is 18.4 Å². The molecule has 3 nitrogen and oxygen atoms in total. The molecule has 0 saturated carbocycles. The highest BCUT2D eigenvalue weighted by molar-refractivity contribution is 5.85. The van der Waals surface area contributed by atoms with Crippen molar-refractivity contribution in [3.05, 3.63) is 0 Å². The molecule has 1 heterocycles. The van der Waals surface area contributed by atoms with Crippen molar-refractivity contribution in [2.24, 2.45) is 0 Å². The lowest BCUT2D eigenvalue weighted by molar-refractivity contribution is -0.143. The van der Waals surface area contributed by atoms with Crippen LogP contribution in [0, 0.1) is 0 Å². The Morgan fingerprint density at radius 1 is 1.70 bits per heavy atom. The van der Waals surface area contributed by atoms with Gasteiger partial charge in [0.1, 0.15) is 6.04 Å². The van der Waals surface area contributed by atoms with Crippen molar-refractivity contribution in [2.45, 2.75) is 31.8 Å². The molecule has 0 aromatic carbocycles. The molecule has 1 aliphatic heterocycles. The van der Waals surface area contributed by atoms with E-state index in [2.05, 4.69) is 5.32 Å². The summed E-state index contributed by atoms with van der Waals surface area (Å²) in [5.41, 5.74) is 0.0447. The lowest BCUT2D eigenvalue weighted by Crippen LogP contribution is -2.62. The van der Waals surface area contributed by atoms with Crippen LogP contribution in [0.3, 0.4) is 0 Å². The molecule has 1 atom stereocenters. The van der Waals surface area contributed by atoms with Crippen LogP contribution < -0.4 is 5.32 Å². The second kappa shape index (κ2) is 2.76. The molecular weight excluding hydrogens is 154 g/mol. The topological polar surface area (TPSA) is 49.3 Å². The van der Waals surface area contributed by atoms with Crippen molar-refractivity contribution < 1.29 is 9.90 Å². The quantitative estimate of drug-likeness (QED) is 0.600. The van der Waals surface area contributed by atoms with Gasteiger partial charge in [-0.15, -0.1) is 12.4 Å². The third-order valence-electron chi connectivity index (χ3n) is 1.58. The summed E-state index contributed by atoms with van der Waals surface area (Å²) >= 11 is 0. The molecule has 10 heavy (non-hydrogen) atoms. The van der Waals surface area contributed by atoms with E-state index in [0.29, 0.717) is 0 Å². The number of aliphatic carboxylic acids is 1. The van der Waals surface area contributed by atoms with Gasteiger partial charge >= 0.3 is 5.97 Å². The van der Waals surface area contributed by atoms with E-state index in [0.717, 1.165) is 6.42 Å². The first-order valence-corrected chi connectivity index (χ1v) is 3.02. The summed E-state index contributed by atoms with van der Waals surface area (Å²) in [6.07, 6.45) is 0.738. The fourth-order valence-corrected chi connectivity index (χ4v) is 1.11. The van der Waals surface area contributed by atoms with Gasteiger partial charge < -0.3 is 5.11 Å². The maximum atomic E-state index is 10.2. The molecule has 2 N–H and O–H groups in total. The number of carbonyl (C=O) groups is 1. The third-order valence-corrected chi connectivity index (χ3v) is 1.58. The van der Waals surface area contributed by atoms with Gasteiger partial charge in [-0.25, -0.2) is 0 Å². The number of rotatable bonds is 1. The summed E-state index contributed by atoms with van der Waals surface area (Å²) in [6, 6.07) is -0.306. The number of hydrogen-bond donors (Lipinski definition) is 2. The lowest BCUT2D eigenvalue weighted by Gasteiger charge is -2.41. The fourth-order valence-electron chi connectivity index (χ4n) is 1.11. The van der Waals surface area contributed by atoms with Gasteiger partial charge in [0, 0.05) is 5.54 Å². The molecule has 0 radical (unpaired) electrons. The number of nitrogens with one attached hydrogen (secondary N) is 1. The van der Waals surface area contributed by atoms with Crippen molar-refractivity contribution in [3.63, 3.8) is 0 Å². The van der Waals surface area contributed by atoms with Crippen LogP contribution in [0.4, 0.5) is 0 Å². The van der Waals surface area contributed by atoms with Gasteiger partial charge in [0.2, 0.25) is 0 Å². The van der Waals surface area contributed by atoms with Crippen molar-refractivity contribution in [2.75, 3.05) is 0 Å². The van der Waals surface area contributed by atoms with Gasteiger partial charge in [-0.1, -0.05) is 0 Å². The molecule has 0 aromatic rings. The smallest absolute Gasteiger partial charge is 0.320 e. The Morgan fingerprint density at radius 2 is 2.10 bits per heavy atom. The zero-order valence-corrected chi connectivity index (χ0v) is 6.86. The number of hydrogen-bond acceptors (Lipinski definition) is 2. The standard InChI is InChI=1S/C6H11NO2.ClH/c1-6(2)3-4(7-6)5(8)9;/h4,7H,3H2,1-2H3,(H,8,9);1H. The van der Waals surface area contributed by atoms with E-state index in [4.69, 9.17) is 5.11 Å². The molecule has 4 heteroatoms. The molecule has 0 aromatic heterocycles. The SMILES string of the molecule is CC1(C)CC(C(=O)O)N1.Cl. The van der Waals surface area contributed by atoms with Crippen LogP contribution in [0.2, 0.25) is 0 Å². The van der Waals surface area contributed by atoms with Gasteiger partial charge in [0.15, 0.2) is 0 Å². The Bertz CT molecular complexity index is 139. The molecule has 1 aliphatic rings. The fraction of sp³-hybridized carbons (Fsp3) is 0.833. The van der Waals surface area contributed by atoms with Gasteiger partial charge in [-0.05, 0) is 20.3 Å². The van der Waals surface area contributed by atoms with E-state index in [1.807, 2.05) is 13.8 Å². The van der Waals surface area contributed by atoms with Crippen LogP contribution in [-0.2, 0) is 4.79 Å². The Hall–Kier alpha value is -0.280. The maximum Gasteiger partial charge on any atom is 0.320 e. The van der Waals surface area contributed by atoms with Crippen LogP contribution in [0.15, 0.2) is 0 Å². The van der Waals surface area contributed by atoms with Crippen LogP contribution in [0.1, 0.15) is 20.3 Å². The number of carboxylic acid groups (broad SMARTS) is 1. The second-order valence-electron chi connectivity index (χ2n) is 3.12. The van der Waals surface area contributed by atoms with Crippen LogP contribution in [0.5, 0.6) is 0 Å². The van der Waals surface area contributed by atoms with Gasteiger partial charge in [-0.2, -0.15) is 0 Å². The van der Waals surface area contributed by atoms with E-state index in [9.17, 15) is 4.79 Å². The largest absolute Gasteiger partial charge is 0.480 e. The van der Waals surface area contributed by atoms with E-state index < -0.39 is 5.97 Å². The van der Waals surface area contributed by atoms with E-state index in [1.165, 1.54) is 0 Å². The Balaban J connectivity index is 0.000000810. The van der Waals surface area contributed by atoms with Gasteiger partial charge in [0.05, 0.1) is 0 Å². The predicted octanol–water partition coefficient (Wildman–Crippen LogP) is 0.633. The summed E-state index contributed by atoms with van der Waals surface area (Å²) in [4.78, 5) is 10.2. The first kappa shape index (κ1) is 9.72. The Morgan fingerprint density at radius 3 is 2.20 bits per heavy atom. The molecule has 0 amide bonds. The molecule has 60 valence electrons. The van der Waals surface area contributed by atoms with Crippen LogP contribution >= 0.6 is 12.4 Å². The van der Waals surface area contributed by atoms with Crippen molar-refractivity contribution in [1.29, 1.82) is 0 Å². The van der Waals surface area contributed by atoms with E-state index in [1.54, 1.807) is 0 Å². The van der Waals surface area contributed by atoms with Crippen molar-refractivity contribution in [3.8, 4) is 0 Å². The highest BCUT2D eigenvalue weighted by Gasteiger charge is 2.39. The number of carboxylic acids is 1. The second-order valence-corrected chi connectivity index (χ2v) is 3.12. The van der Waals surface area contributed by atoms with Crippen LogP contribution in [0.25, 0.3) is 0 Å². The zero-order chi connectivity index (χ0) is 7.07. The summed E-state index contributed by atoms with van der Waals surface area (Å²) in [6.45, 7) is 3.98.